The molecule has 1 N–H and O–H groups in total. The highest BCUT2D eigenvalue weighted by molar-refractivity contribution is 5.85. The van der Waals surface area contributed by atoms with E-state index in [9.17, 15) is 9.90 Å². The fourth-order valence-corrected chi connectivity index (χ4v) is 5.07. The minimum Gasteiger partial charge on any atom is -0.457 e. The quantitative estimate of drug-likeness (QED) is 0.384. The van der Waals surface area contributed by atoms with Gasteiger partial charge in [0, 0.05) is 19.3 Å². The van der Waals surface area contributed by atoms with E-state index in [1.165, 1.54) is 5.56 Å². The van der Waals surface area contributed by atoms with Gasteiger partial charge in [-0.05, 0) is 23.1 Å². The normalized spacial score (nSPS) is 20.5. The first kappa shape index (κ1) is 23.2. The minimum atomic E-state index is -1.82. The molecular formula is C29H34NO3+. The monoisotopic (exact) mass is 444 g/mol. The van der Waals surface area contributed by atoms with Crippen molar-refractivity contribution < 1.29 is 19.1 Å². The topological polar surface area (TPSA) is 46.5 Å². The molecule has 4 heteroatoms. The second-order valence-electron chi connectivity index (χ2n) is 9.35. The third-order valence-corrected chi connectivity index (χ3v) is 7.15. The smallest absolute Gasteiger partial charge is 0.347 e. The average Bonchev–Trinajstić information content (AvgIpc) is 3.23. The Labute approximate surface area is 197 Å². The highest BCUT2D eigenvalue weighted by atomic mass is 16.6. The molecule has 4 rings (SSSR count). The van der Waals surface area contributed by atoms with Gasteiger partial charge in [0.15, 0.2) is 0 Å². The molecule has 1 aliphatic rings. The van der Waals surface area contributed by atoms with Crippen molar-refractivity contribution in [2.75, 3.05) is 26.7 Å². The van der Waals surface area contributed by atoms with E-state index in [0.29, 0.717) is 17.7 Å². The number of benzene rings is 3. The van der Waals surface area contributed by atoms with Crippen LogP contribution >= 0.6 is 0 Å². The van der Waals surface area contributed by atoms with Crippen molar-refractivity contribution in [3.05, 3.63) is 108 Å². The fourth-order valence-electron chi connectivity index (χ4n) is 5.07. The van der Waals surface area contributed by atoms with Crippen molar-refractivity contribution in [3.63, 3.8) is 0 Å². The van der Waals surface area contributed by atoms with E-state index in [1.54, 1.807) is 24.3 Å². The number of carbonyl (C=O) groups is 1. The SMILES string of the molecule is C[N+]1(CCCc2ccccc2)CCC[C@@H]1COC(=O)C(O)(c1ccccc1)c1ccccc1. The molecule has 1 unspecified atom stereocenters. The van der Waals surface area contributed by atoms with Crippen LogP contribution in [0.2, 0.25) is 0 Å². The van der Waals surface area contributed by atoms with E-state index in [2.05, 4.69) is 31.3 Å². The molecule has 33 heavy (non-hydrogen) atoms. The van der Waals surface area contributed by atoms with Gasteiger partial charge in [-0.15, -0.1) is 0 Å². The summed E-state index contributed by atoms with van der Waals surface area (Å²) in [4.78, 5) is 13.4. The molecule has 0 amide bonds. The molecule has 1 fully saturated rings. The van der Waals surface area contributed by atoms with Crippen LogP contribution in [0.15, 0.2) is 91.0 Å². The molecule has 3 aromatic rings. The van der Waals surface area contributed by atoms with Crippen LogP contribution in [0.4, 0.5) is 0 Å². The zero-order valence-electron chi connectivity index (χ0n) is 19.4. The average molecular weight is 445 g/mol. The Hall–Kier alpha value is -2.95. The summed E-state index contributed by atoms with van der Waals surface area (Å²) in [5, 5.41) is 11.6. The van der Waals surface area contributed by atoms with E-state index in [-0.39, 0.29) is 6.04 Å². The van der Waals surface area contributed by atoms with Gasteiger partial charge in [-0.3, -0.25) is 0 Å². The lowest BCUT2D eigenvalue weighted by Gasteiger charge is -2.36. The summed E-state index contributed by atoms with van der Waals surface area (Å²) < 4.78 is 6.77. The first-order valence-electron chi connectivity index (χ1n) is 11.9. The van der Waals surface area contributed by atoms with E-state index >= 15 is 0 Å². The first-order valence-corrected chi connectivity index (χ1v) is 11.9. The number of carbonyl (C=O) groups excluding carboxylic acids is 1. The van der Waals surface area contributed by atoms with Gasteiger partial charge in [0.25, 0.3) is 0 Å². The Balaban J connectivity index is 1.43. The summed E-state index contributed by atoms with van der Waals surface area (Å²) in [5.41, 5.74) is 0.584. The number of likely N-dealkylation sites (tertiary alicyclic amines) is 1. The Morgan fingerprint density at radius 3 is 2.06 bits per heavy atom. The maximum Gasteiger partial charge on any atom is 0.347 e. The molecule has 0 aliphatic carbocycles. The zero-order valence-corrected chi connectivity index (χ0v) is 19.4. The highest BCUT2D eigenvalue weighted by Gasteiger charge is 2.44. The number of nitrogens with zero attached hydrogens (tertiary/aromatic N) is 1. The number of quaternary nitrogens is 1. The Morgan fingerprint density at radius 2 is 1.48 bits per heavy atom. The van der Waals surface area contributed by atoms with Gasteiger partial charge in [0.1, 0.15) is 12.6 Å². The number of rotatable bonds is 9. The largest absolute Gasteiger partial charge is 0.457 e. The summed E-state index contributed by atoms with van der Waals surface area (Å²) in [6.07, 6.45) is 4.32. The van der Waals surface area contributed by atoms with Gasteiger partial charge in [-0.2, -0.15) is 0 Å². The van der Waals surface area contributed by atoms with Crippen LogP contribution in [-0.4, -0.2) is 48.3 Å². The highest BCUT2D eigenvalue weighted by Crippen LogP contribution is 2.32. The molecule has 1 saturated heterocycles. The van der Waals surface area contributed by atoms with E-state index in [0.717, 1.165) is 43.3 Å². The predicted octanol–water partition coefficient (Wildman–Crippen LogP) is 4.71. The molecule has 0 radical (unpaired) electrons. The van der Waals surface area contributed by atoms with Gasteiger partial charge < -0.3 is 14.3 Å². The summed E-state index contributed by atoms with van der Waals surface area (Å²) >= 11 is 0. The van der Waals surface area contributed by atoms with Crippen LogP contribution in [0.1, 0.15) is 36.0 Å². The van der Waals surface area contributed by atoms with Crippen molar-refractivity contribution >= 4 is 5.97 Å². The molecule has 172 valence electrons. The third-order valence-electron chi connectivity index (χ3n) is 7.15. The predicted molar refractivity (Wildman–Crippen MR) is 131 cm³/mol. The number of esters is 1. The lowest BCUT2D eigenvalue weighted by atomic mass is 9.86. The van der Waals surface area contributed by atoms with Crippen molar-refractivity contribution in [2.45, 2.75) is 37.3 Å². The lowest BCUT2D eigenvalue weighted by molar-refractivity contribution is -0.921. The molecule has 2 atom stereocenters. The second-order valence-corrected chi connectivity index (χ2v) is 9.35. The number of ether oxygens (including phenoxy) is 1. The number of hydrogen-bond donors (Lipinski definition) is 1. The third kappa shape index (κ3) is 5.18. The molecule has 0 aromatic heterocycles. The fraction of sp³-hybridized carbons (Fsp3) is 0.345. The maximum absolute atomic E-state index is 13.4. The number of aryl methyl sites for hydroxylation is 1. The first-order chi connectivity index (χ1) is 16.0. The van der Waals surface area contributed by atoms with E-state index in [1.807, 2.05) is 42.5 Å². The number of hydrogen-bond acceptors (Lipinski definition) is 3. The van der Waals surface area contributed by atoms with E-state index < -0.39 is 11.6 Å². The molecule has 4 nitrogen and oxygen atoms in total. The number of aliphatic hydroxyl groups is 1. The van der Waals surface area contributed by atoms with Gasteiger partial charge >= 0.3 is 5.97 Å². The Morgan fingerprint density at radius 1 is 0.939 bits per heavy atom. The Bertz CT molecular complexity index is 983. The molecular weight excluding hydrogens is 410 g/mol. The van der Waals surface area contributed by atoms with Crippen LogP contribution in [0, 0.1) is 0 Å². The standard InChI is InChI=1S/C29H34NO3/c1-30(21-11-15-24-13-5-2-6-14-24)22-12-20-27(30)23-33-28(31)29(32,25-16-7-3-8-17-25)26-18-9-4-10-19-26/h2-10,13-14,16-19,27,32H,11-12,15,20-23H2,1H3/q+1/t27-,30?/m1/s1. The van der Waals surface area contributed by atoms with Crippen LogP contribution in [0.3, 0.4) is 0 Å². The summed E-state index contributed by atoms with van der Waals surface area (Å²) in [5.74, 6) is -0.609. The van der Waals surface area contributed by atoms with Crippen molar-refractivity contribution in [1.29, 1.82) is 0 Å². The molecule has 0 spiro atoms. The molecule has 1 aliphatic heterocycles. The zero-order chi connectivity index (χ0) is 23.2. The molecule has 3 aromatic carbocycles. The summed E-state index contributed by atoms with van der Waals surface area (Å²) in [6, 6.07) is 29.0. The van der Waals surface area contributed by atoms with Crippen LogP contribution < -0.4 is 0 Å². The van der Waals surface area contributed by atoms with Gasteiger partial charge in [0.05, 0.1) is 20.1 Å². The molecule has 0 bridgehead atoms. The van der Waals surface area contributed by atoms with Crippen LogP contribution in [-0.2, 0) is 21.6 Å². The molecule has 0 saturated carbocycles. The van der Waals surface area contributed by atoms with Gasteiger partial charge in [-0.1, -0.05) is 91.0 Å². The van der Waals surface area contributed by atoms with Crippen molar-refractivity contribution in [2.24, 2.45) is 0 Å². The van der Waals surface area contributed by atoms with Gasteiger partial charge in [0.2, 0.25) is 5.60 Å². The van der Waals surface area contributed by atoms with Gasteiger partial charge in [-0.25, -0.2) is 4.79 Å². The second kappa shape index (κ2) is 10.3. The maximum atomic E-state index is 13.4. The van der Waals surface area contributed by atoms with Crippen molar-refractivity contribution in [3.8, 4) is 0 Å². The van der Waals surface area contributed by atoms with E-state index in [4.69, 9.17) is 4.74 Å². The summed E-state index contributed by atoms with van der Waals surface area (Å²) in [7, 11) is 2.27. The Kier molecular flexibility index (Phi) is 7.26. The molecule has 1 heterocycles. The number of likely N-dealkylation sites (N-methyl/N-ethyl adjacent to an activating group) is 1. The lowest BCUT2D eigenvalue weighted by Crippen LogP contribution is -2.51. The summed E-state index contributed by atoms with van der Waals surface area (Å²) in [6.45, 7) is 2.47. The van der Waals surface area contributed by atoms with Crippen LogP contribution in [0.5, 0.6) is 0 Å². The van der Waals surface area contributed by atoms with Crippen LogP contribution in [0.25, 0.3) is 0 Å². The van der Waals surface area contributed by atoms with Crippen molar-refractivity contribution in [1.82, 2.24) is 0 Å². The minimum absolute atomic E-state index is 0.250.